The largest absolute Gasteiger partial charge is 0.439 e. The van der Waals surface area contributed by atoms with Crippen LogP contribution < -0.4 is 11.3 Å². The van der Waals surface area contributed by atoms with Crippen LogP contribution in [-0.4, -0.2) is 42.7 Å². The SMILES string of the molecule is CCCc1nc(C)c(CC(=S)N2CCCCC2)c(=O)n1Cc1ccc(-c2ccccc2-c2noc(=O)[nH]2)cc1. The molecule has 0 amide bonds. The molecule has 0 spiro atoms. The van der Waals surface area contributed by atoms with Crippen LogP contribution in [0.15, 0.2) is 62.6 Å². The summed E-state index contributed by atoms with van der Waals surface area (Å²) >= 11 is 5.76. The first kappa shape index (κ1) is 26.7. The van der Waals surface area contributed by atoms with Crippen molar-refractivity contribution in [1.82, 2.24) is 24.6 Å². The first-order chi connectivity index (χ1) is 18.9. The molecule has 1 aliphatic heterocycles. The minimum absolute atomic E-state index is 0.00489. The minimum atomic E-state index is -0.591. The Labute approximate surface area is 232 Å². The quantitative estimate of drug-likeness (QED) is 0.315. The minimum Gasteiger partial charge on any atom is -0.366 e. The first-order valence-corrected chi connectivity index (χ1v) is 14.0. The van der Waals surface area contributed by atoms with Gasteiger partial charge in [0.25, 0.3) is 5.56 Å². The summed E-state index contributed by atoms with van der Waals surface area (Å²) in [5.74, 6) is 0.597. The zero-order chi connectivity index (χ0) is 27.4. The number of hydrogen-bond acceptors (Lipinski definition) is 6. The number of H-pyrrole nitrogens is 1. The lowest BCUT2D eigenvalue weighted by Crippen LogP contribution is -2.38. The molecule has 202 valence electrons. The van der Waals surface area contributed by atoms with Crippen molar-refractivity contribution < 1.29 is 4.52 Å². The molecule has 0 radical (unpaired) electrons. The molecule has 0 unspecified atom stereocenters. The molecule has 0 atom stereocenters. The van der Waals surface area contributed by atoms with Crippen molar-refractivity contribution in [2.45, 2.75) is 58.9 Å². The fourth-order valence-corrected chi connectivity index (χ4v) is 5.53. The van der Waals surface area contributed by atoms with Crippen LogP contribution >= 0.6 is 12.2 Å². The van der Waals surface area contributed by atoms with Gasteiger partial charge in [0.05, 0.1) is 11.5 Å². The van der Waals surface area contributed by atoms with Crippen LogP contribution in [0.25, 0.3) is 22.5 Å². The molecule has 1 fully saturated rings. The van der Waals surface area contributed by atoms with Crippen LogP contribution in [0.4, 0.5) is 0 Å². The summed E-state index contributed by atoms with van der Waals surface area (Å²) in [5, 5.41) is 3.85. The van der Waals surface area contributed by atoms with Crippen molar-refractivity contribution in [3.63, 3.8) is 0 Å². The maximum atomic E-state index is 13.8. The Kier molecular flexibility index (Phi) is 8.16. The van der Waals surface area contributed by atoms with Gasteiger partial charge in [0.2, 0.25) is 0 Å². The van der Waals surface area contributed by atoms with Gasteiger partial charge in [-0.25, -0.2) is 9.78 Å². The Morgan fingerprint density at radius 1 is 1.03 bits per heavy atom. The van der Waals surface area contributed by atoms with Gasteiger partial charge in [-0.2, -0.15) is 0 Å². The molecule has 9 heteroatoms. The number of hydrogen-bond donors (Lipinski definition) is 1. The average Bonchev–Trinajstić information content (AvgIpc) is 3.40. The smallest absolute Gasteiger partial charge is 0.366 e. The van der Waals surface area contributed by atoms with Gasteiger partial charge >= 0.3 is 5.76 Å². The molecule has 0 aliphatic carbocycles. The van der Waals surface area contributed by atoms with Gasteiger partial charge < -0.3 is 4.90 Å². The molecule has 5 rings (SSSR count). The van der Waals surface area contributed by atoms with Crippen molar-refractivity contribution in [1.29, 1.82) is 0 Å². The zero-order valence-electron chi connectivity index (χ0n) is 22.4. The molecular weight excluding hydrogens is 510 g/mol. The number of aromatic nitrogens is 4. The molecule has 8 nitrogen and oxygen atoms in total. The van der Waals surface area contributed by atoms with Crippen LogP contribution in [0.5, 0.6) is 0 Å². The summed E-state index contributed by atoms with van der Waals surface area (Å²) in [4.78, 5) is 35.9. The number of nitrogens with one attached hydrogen (secondary N) is 1. The first-order valence-electron chi connectivity index (χ1n) is 13.6. The van der Waals surface area contributed by atoms with E-state index in [1.807, 2.05) is 60.0 Å². The molecule has 0 saturated carbocycles. The van der Waals surface area contributed by atoms with Crippen LogP contribution in [0, 0.1) is 6.92 Å². The van der Waals surface area contributed by atoms with Gasteiger partial charge in [-0.3, -0.25) is 18.9 Å². The maximum Gasteiger partial charge on any atom is 0.439 e. The second kappa shape index (κ2) is 11.9. The highest BCUT2D eigenvalue weighted by Crippen LogP contribution is 2.30. The Hall–Kier alpha value is -3.85. The molecule has 4 aromatic rings. The molecule has 3 heterocycles. The molecule has 1 aliphatic rings. The number of thiocarbonyl (C=S) groups is 1. The van der Waals surface area contributed by atoms with Crippen LogP contribution in [0.3, 0.4) is 0 Å². The standard InChI is InChI=1S/C30H33N5O3S/c1-3-9-26-31-20(2)25(18-27(39)34-16-7-4-8-17-34)29(36)35(26)19-21-12-14-22(15-13-21)23-10-5-6-11-24(23)28-32-30(37)38-33-28/h5-6,10-15H,3-4,7-9,16-19H2,1-2H3,(H,32,33,37). The highest BCUT2D eigenvalue weighted by molar-refractivity contribution is 7.80. The number of nitrogens with zero attached hydrogens (tertiary/aromatic N) is 4. The van der Waals surface area contributed by atoms with Crippen LogP contribution in [0.1, 0.15) is 55.3 Å². The van der Waals surface area contributed by atoms with Gasteiger partial charge in [-0.05, 0) is 49.3 Å². The van der Waals surface area contributed by atoms with E-state index in [1.54, 1.807) is 0 Å². The van der Waals surface area contributed by atoms with E-state index < -0.39 is 5.76 Å². The second-order valence-electron chi connectivity index (χ2n) is 10.0. The molecule has 0 bridgehead atoms. The lowest BCUT2D eigenvalue weighted by Gasteiger charge is -2.29. The molecule has 2 aromatic carbocycles. The molecule has 2 aromatic heterocycles. The van der Waals surface area contributed by atoms with E-state index >= 15 is 0 Å². The van der Waals surface area contributed by atoms with Gasteiger partial charge in [0, 0.05) is 42.8 Å². The van der Waals surface area contributed by atoms with E-state index in [1.165, 1.54) is 6.42 Å². The fourth-order valence-electron chi connectivity index (χ4n) is 5.20. The third kappa shape index (κ3) is 5.93. The summed E-state index contributed by atoms with van der Waals surface area (Å²) in [5.41, 5.74) is 5.12. The van der Waals surface area contributed by atoms with Crippen molar-refractivity contribution in [2.24, 2.45) is 0 Å². The topological polar surface area (TPSA) is 97.0 Å². The van der Waals surface area contributed by atoms with Gasteiger partial charge in [-0.1, -0.05) is 72.8 Å². The lowest BCUT2D eigenvalue weighted by atomic mass is 9.98. The molecular formula is C30H33N5O3S. The third-order valence-corrected chi connectivity index (χ3v) is 7.69. The van der Waals surface area contributed by atoms with Crippen molar-refractivity contribution in [3.8, 4) is 22.5 Å². The zero-order valence-corrected chi connectivity index (χ0v) is 23.2. The van der Waals surface area contributed by atoms with Crippen LogP contribution in [-0.2, 0) is 19.4 Å². The summed E-state index contributed by atoms with van der Waals surface area (Å²) < 4.78 is 6.52. The Balaban J connectivity index is 1.43. The monoisotopic (exact) mass is 543 g/mol. The van der Waals surface area contributed by atoms with Crippen molar-refractivity contribution in [2.75, 3.05) is 13.1 Å². The Morgan fingerprint density at radius 3 is 2.41 bits per heavy atom. The second-order valence-corrected chi connectivity index (χ2v) is 10.5. The van der Waals surface area contributed by atoms with E-state index in [4.69, 9.17) is 21.7 Å². The summed E-state index contributed by atoms with van der Waals surface area (Å²) in [7, 11) is 0. The van der Waals surface area contributed by atoms with E-state index in [9.17, 15) is 9.59 Å². The number of benzene rings is 2. The number of rotatable bonds is 8. The number of aromatic amines is 1. The van der Waals surface area contributed by atoms with E-state index in [0.717, 1.165) is 77.5 Å². The van der Waals surface area contributed by atoms with Crippen LogP contribution in [0.2, 0.25) is 0 Å². The molecule has 39 heavy (non-hydrogen) atoms. The van der Waals surface area contributed by atoms with E-state index in [0.29, 0.717) is 24.4 Å². The normalized spacial score (nSPS) is 13.5. The predicted octanol–water partition coefficient (Wildman–Crippen LogP) is 4.92. The number of piperidine rings is 1. The number of aryl methyl sites for hydroxylation is 2. The highest BCUT2D eigenvalue weighted by atomic mass is 32.1. The number of likely N-dealkylation sites (tertiary alicyclic amines) is 1. The lowest BCUT2D eigenvalue weighted by molar-refractivity contribution is 0.343. The fraction of sp³-hybridized carbons (Fsp3) is 0.367. The summed E-state index contributed by atoms with van der Waals surface area (Å²) in [6.45, 7) is 6.39. The Morgan fingerprint density at radius 2 is 1.74 bits per heavy atom. The van der Waals surface area contributed by atoms with Crippen molar-refractivity contribution in [3.05, 3.63) is 92.1 Å². The maximum absolute atomic E-state index is 13.8. The molecule has 1 saturated heterocycles. The third-order valence-electron chi connectivity index (χ3n) is 7.29. The van der Waals surface area contributed by atoms with Gasteiger partial charge in [0.15, 0.2) is 5.82 Å². The summed E-state index contributed by atoms with van der Waals surface area (Å²) in [6, 6.07) is 15.8. The van der Waals surface area contributed by atoms with E-state index in [2.05, 4.69) is 22.0 Å². The van der Waals surface area contributed by atoms with Crippen molar-refractivity contribution >= 4 is 17.2 Å². The van der Waals surface area contributed by atoms with Gasteiger partial charge in [0.1, 0.15) is 5.82 Å². The van der Waals surface area contributed by atoms with E-state index in [-0.39, 0.29) is 5.56 Å². The average molecular weight is 544 g/mol. The summed E-state index contributed by atoms with van der Waals surface area (Å²) in [6.07, 6.45) is 5.62. The molecule has 1 N–H and O–H groups in total. The predicted molar refractivity (Wildman–Crippen MR) is 156 cm³/mol. The van der Waals surface area contributed by atoms with Gasteiger partial charge in [-0.15, -0.1) is 0 Å². The Bertz CT molecular complexity index is 1580. The highest BCUT2D eigenvalue weighted by Gasteiger charge is 2.20.